The van der Waals surface area contributed by atoms with Crippen LogP contribution in [0.5, 0.6) is 5.75 Å². The number of carbonyl (C=O) groups is 5. The Hall–Kier alpha value is -5.39. The lowest BCUT2D eigenvalue weighted by atomic mass is 10.0. The van der Waals surface area contributed by atoms with Crippen molar-refractivity contribution in [2.24, 2.45) is 5.73 Å². The molecular weight excluding hydrogens is 590 g/mol. The maximum Gasteiger partial charge on any atom is 0.408 e. The number of carbonyl (C=O) groups excluding carboxylic acids is 5. The van der Waals surface area contributed by atoms with Crippen LogP contribution in [-0.4, -0.2) is 60.5 Å². The topological polar surface area (TPSA) is 178 Å². The maximum absolute atomic E-state index is 13.4. The van der Waals surface area contributed by atoms with Crippen molar-refractivity contribution in [2.75, 3.05) is 13.1 Å². The molecule has 3 aromatic carbocycles. The van der Waals surface area contributed by atoms with Crippen LogP contribution in [0.25, 0.3) is 0 Å². The standard InChI is InChI=1S/C34H41N5O7/c1-34(2,3)46-33(44)37-20-29(40)36-21-30(41)38-28(19-23-10-6-4-7-11-23)32(43)39-27(31(35)42)18-24-14-16-26(17-15-24)45-22-25-12-8-5-9-13-25/h4-17,27-28H,18-22H2,1-3H3,(H2,35,42)(H,36,40)(H,37,44)(H,38,41)(H,39,43)/t27-,28+/m1/s1. The number of rotatable bonds is 15. The van der Waals surface area contributed by atoms with Crippen LogP contribution < -0.4 is 31.7 Å². The van der Waals surface area contributed by atoms with E-state index in [0.717, 1.165) is 16.7 Å². The van der Waals surface area contributed by atoms with Crippen LogP contribution in [0.1, 0.15) is 37.5 Å². The Kier molecular flexibility index (Phi) is 13.1. The van der Waals surface area contributed by atoms with E-state index in [1.54, 1.807) is 69.3 Å². The second kappa shape index (κ2) is 17.2. The molecule has 0 bridgehead atoms. The molecule has 0 radical (unpaired) electrons. The minimum Gasteiger partial charge on any atom is -0.489 e. The first-order chi connectivity index (χ1) is 21.9. The molecule has 12 heteroatoms. The van der Waals surface area contributed by atoms with Crippen molar-refractivity contribution in [3.8, 4) is 5.75 Å². The zero-order valence-electron chi connectivity index (χ0n) is 26.2. The van der Waals surface area contributed by atoms with Crippen molar-refractivity contribution in [3.05, 3.63) is 102 Å². The van der Waals surface area contributed by atoms with Crippen molar-refractivity contribution < 1.29 is 33.4 Å². The molecule has 0 aliphatic heterocycles. The van der Waals surface area contributed by atoms with E-state index in [-0.39, 0.29) is 12.8 Å². The molecule has 12 nitrogen and oxygen atoms in total. The van der Waals surface area contributed by atoms with Gasteiger partial charge in [-0.1, -0.05) is 72.8 Å². The number of nitrogens with one attached hydrogen (secondary N) is 4. The second-order valence-corrected chi connectivity index (χ2v) is 11.5. The zero-order valence-corrected chi connectivity index (χ0v) is 26.2. The highest BCUT2D eigenvalue weighted by Gasteiger charge is 2.26. The molecule has 0 aliphatic rings. The Labute approximate surface area is 268 Å². The Morgan fingerprint density at radius 3 is 1.80 bits per heavy atom. The number of amides is 5. The third-order valence-corrected chi connectivity index (χ3v) is 6.44. The number of benzene rings is 3. The Morgan fingerprint density at radius 2 is 1.22 bits per heavy atom. The van der Waals surface area contributed by atoms with E-state index in [1.807, 2.05) is 36.4 Å². The van der Waals surface area contributed by atoms with E-state index in [0.29, 0.717) is 12.4 Å². The molecule has 0 aromatic heterocycles. The summed E-state index contributed by atoms with van der Waals surface area (Å²) in [7, 11) is 0. The van der Waals surface area contributed by atoms with Crippen LogP contribution in [-0.2, 0) is 43.4 Å². The SMILES string of the molecule is CC(C)(C)OC(=O)NCC(=O)NCC(=O)N[C@@H](Cc1ccccc1)C(=O)N[C@H](Cc1ccc(OCc2ccccc2)cc1)C(N)=O. The van der Waals surface area contributed by atoms with Crippen molar-refractivity contribution >= 4 is 29.7 Å². The van der Waals surface area contributed by atoms with Gasteiger partial charge in [-0.2, -0.15) is 0 Å². The Balaban J connectivity index is 1.58. The molecule has 0 saturated heterocycles. The lowest BCUT2D eigenvalue weighted by Crippen LogP contribution is -2.55. The molecule has 0 heterocycles. The summed E-state index contributed by atoms with van der Waals surface area (Å²) in [4.78, 5) is 62.4. The molecule has 3 aromatic rings. The number of hydrogen-bond donors (Lipinski definition) is 5. The summed E-state index contributed by atoms with van der Waals surface area (Å²) in [6.45, 7) is 4.60. The molecular formula is C34H41N5O7. The lowest BCUT2D eigenvalue weighted by molar-refractivity contribution is -0.131. The number of alkyl carbamates (subject to hydrolysis) is 1. The Morgan fingerprint density at radius 1 is 0.674 bits per heavy atom. The van der Waals surface area contributed by atoms with Crippen LogP contribution in [0.2, 0.25) is 0 Å². The third kappa shape index (κ3) is 13.1. The molecule has 0 unspecified atom stereocenters. The largest absolute Gasteiger partial charge is 0.489 e. The maximum atomic E-state index is 13.4. The predicted molar refractivity (Wildman–Crippen MR) is 171 cm³/mol. The number of nitrogens with two attached hydrogens (primary N) is 1. The summed E-state index contributed by atoms with van der Waals surface area (Å²) in [5.41, 5.74) is 7.43. The van der Waals surface area contributed by atoms with E-state index >= 15 is 0 Å². The number of primary amides is 1. The summed E-state index contributed by atoms with van der Waals surface area (Å²) in [5, 5.41) is 9.96. The summed E-state index contributed by atoms with van der Waals surface area (Å²) in [6.07, 6.45) is -0.541. The second-order valence-electron chi connectivity index (χ2n) is 11.5. The highest BCUT2D eigenvalue weighted by molar-refractivity contribution is 5.93. The van der Waals surface area contributed by atoms with Crippen molar-refractivity contribution in [1.29, 1.82) is 0 Å². The predicted octanol–water partition coefficient (Wildman–Crippen LogP) is 2.15. The van der Waals surface area contributed by atoms with Gasteiger partial charge in [0.1, 0.15) is 36.6 Å². The van der Waals surface area contributed by atoms with Crippen molar-refractivity contribution in [1.82, 2.24) is 21.3 Å². The molecule has 0 fully saturated rings. The van der Waals surface area contributed by atoms with E-state index in [2.05, 4.69) is 21.3 Å². The van der Waals surface area contributed by atoms with Gasteiger partial charge in [-0.25, -0.2) is 4.79 Å². The molecule has 3 rings (SSSR count). The third-order valence-electron chi connectivity index (χ3n) is 6.44. The molecule has 46 heavy (non-hydrogen) atoms. The molecule has 6 N–H and O–H groups in total. The average Bonchev–Trinajstić information content (AvgIpc) is 3.02. The van der Waals surface area contributed by atoms with Gasteiger partial charge >= 0.3 is 6.09 Å². The van der Waals surface area contributed by atoms with Gasteiger partial charge in [0, 0.05) is 12.8 Å². The van der Waals surface area contributed by atoms with Gasteiger partial charge in [0.25, 0.3) is 0 Å². The molecule has 0 aliphatic carbocycles. The number of hydrogen-bond acceptors (Lipinski definition) is 7. The van der Waals surface area contributed by atoms with Gasteiger partial charge in [-0.15, -0.1) is 0 Å². The minimum atomic E-state index is -1.08. The van der Waals surface area contributed by atoms with Gasteiger partial charge in [-0.3, -0.25) is 19.2 Å². The van der Waals surface area contributed by atoms with Crippen molar-refractivity contribution in [2.45, 2.75) is 57.9 Å². The van der Waals surface area contributed by atoms with Crippen LogP contribution in [0, 0.1) is 0 Å². The molecule has 244 valence electrons. The van der Waals surface area contributed by atoms with Gasteiger partial charge < -0.3 is 36.5 Å². The highest BCUT2D eigenvalue weighted by Crippen LogP contribution is 2.16. The fraction of sp³-hybridized carbons (Fsp3) is 0.324. The summed E-state index contributed by atoms with van der Waals surface area (Å²) < 4.78 is 10.9. The van der Waals surface area contributed by atoms with Gasteiger partial charge in [0.05, 0.1) is 6.54 Å². The van der Waals surface area contributed by atoms with Crippen LogP contribution in [0.15, 0.2) is 84.9 Å². The number of ether oxygens (including phenoxy) is 2. The first kappa shape index (κ1) is 35.1. The van der Waals surface area contributed by atoms with E-state index in [4.69, 9.17) is 15.2 Å². The molecule has 0 saturated carbocycles. The lowest BCUT2D eigenvalue weighted by Gasteiger charge is -2.22. The quantitative estimate of drug-likeness (QED) is 0.171. The Bertz CT molecular complexity index is 1460. The zero-order chi connectivity index (χ0) is 33.5. The first-order valence-corrected chi connectivity index (χ1v) is 14.8. The smallest absolute Gasteiger partial charge is 0.408 e. The monoisotopic (exact) mass is 631 g/mol. The summed E-state index contributed by atoms with van der Waals surface area (Å²) >= 11 is 0. The normalized spacial score (nSPS) is 12.2. The van der Waals surface area contributed by atoms with E-state index in [1.165, 1.54) is 0 Å². The molecule has 5 amide bonds. The van der Waals surface area contributed by atoms with Crippen LogP contribution in [0.4, 0.5) is 4.79 Å². The van der Waals surface area contributed by atoms with Crippen LogP contribution in [0.3, 0.4) is 0 Å². The van der Waals surface area contributed by atoms with E-state index < -0.39 is 60.5 Å². The van der Waals surface area contributed by atoms with Gasteiger partial charge in [-0.05, 0) is 49.6 Å². The van der Waals surface area contributed by atoms with Crippen molar-refractivity contribution in [3.63, 3.8) is 0 Å². The average molecular weight is 632 g/mol. The fourth-order valence-corrected chi connectivity index (χ4v) is 4.21. The minimum absolute atomic E-state index is 0.117. The highest BCUT2D eigenvalue weighted by atomic mass is 16.6. The van der Waals surface area contributed by atoms with E-state index in [9.17, 15) is 24.0 Å². The summed E-state index contributed by atoms with van der Waals surface area (Å²) in [6, 6.07) is 23.7. The van der Waals surface area contributed by atoms with Gasteiger partial charge in [0.15, 0.2) is 0 Å². The molecule has 2 atom stereocenters. The molecule has 0 spiro atoms. The van der Waals surface area contributed by atoms with Gasteiger partial charge in [0.2, 0.25) is 23.6 Å². The summed E-state index contributed by atoms with van der Waals surface area (Å²) in [5.74, 6) is -2.00. The van der Waals surface area contributed by atoms with Crippen LogP contribution >= 0.6 is 0 Å². The first-order valence-electron chi connectivity index (χ1n) is 14.8. The fourth-order valence-electron chi connectivity index (χ4n) is 4.21.